The first-order valence-electron chi connectivity index (χ1n) is 9.66. The lowest BCUT2D eigenvalue weighted by Crippen LogP contribution is -2.39. The van der Waals surface area contributed by atoms with Crippen LogP contribution in [0.5, 0.6) is 0 Å². The number of esters is 1. The van der Waals surface area contributed by atoms with E-state index < -0.39 is 12.0 Å². The van der Waals surface area contributed by atoms with Crippen LogP contribution in [0, 0.1) is 6.92 Å². The lowest BCUT2D eigenvalue weighted by atomic mass is 9.95. The highest BCUT2D eigenvalue weighted by Gasteiger charge is 2.33. The summed E-state index contributed by atoms with van der Waals surface area (Å²) in [5, 5.41) is 0. The van der Waals surface area contributed by atoms with Crippen molar-refractivity contribution in [1.29, 1.82) is 0 Å². The molecule has 0 radical (unpaired) electrons. The first-order valence-corrected chi connectivity index (χ1v) is 10.5. The molecule has 0 fully saturated rings. The molecular formula is C23H21N3O3S. The molecule has 6 nitrogen and oxygen atoms in total. The number of hydrogen-bond donors (Lipinski definition) is 0. The van der Waals surface area contributed by atoms with Gasteiger partial charge in [-0.1, -0.05) is 47.2 Å². The fourth-order valence-corrected chi connectivity index (χ4v) is 4.51. The molecule has 1 aliphatic rings. The van der Waals surface area contributed by atoms with E-state index in [1.807, 2.05) is 43.3 Å². The SMILES string of the molecule is CCOC(=O)C1=C(C)N=c2sc(=Cc3cccnc3)c(=O)n2C1c1ccc(C)cc1. The van der Waals surface area contributed by atoms with E-state index in [0.717, 1.165) is 16.7 Å². The summed E-state index contributed by atoms with van der Waals surface area (Å²) in [5.41, 5.74) is 3.53. The van der Waals surface area contributed by atoms with Crippen molar-refractivity contribution in [2.24, 2.45) is 4.99 Å². The number of nitrogens with zero attached hydrogens (tertiary/aromatic N) is 3. The highest BCUT2D eigenvalue weighted by Crippen LogP contribution is 2.30. The number of aromatic nitrogens is 2. The maximum Gasteiger partial charge on any atom is 0.338 e. The zero-order valence-electron chi connectivity index (χ0n) is 17.0. The van der Waals surface area contributed by atoms with E-state index in [2.05, 4.69) is 9.98 Å². The van der Waals surface area contributed by atoms with Gasteiger partial charge in [0.2, 0.25) is 0 Å². The smallest absolute Gasteiger partial charge is 0.338 e. The van der Waals surface area contributed by atoms with Crippen molar-refractivity contribution in [1.82, 2.24) is 9.55 Å². The maximum absolute atomic E-state index is 13.4. The zero-order chi connectivity index (χ0) is 21.3. The summed E-state index contributed by atoms with van der Waals surface area (Å²) in [6.45, 7) is 5.79. The number of benzene rings is 1. The van der Waals surface area contributed by atoms with Gasteiger partial charge in [-0.3, -0.25) is 14.3 Å². The molecule has 0 spiro atoms. The minimum absolute atomic E-state index is 0.192. The Bertz CT molecular complexity index is 1300. The number of rotatable bonds is 4. The number of allylic oxidation sites excluding steroid dienone is 1. The minimum atomic E-state index is -0.586. The van der Waals surface area contributed by atoms with Crippen LogP contribution in [0.1, 0.15) is 36.6 Å². The average Bonchev–Trinajstić information content (AvgIpc) is 3.03. The molecule has 0 saturated carbocycles. The van der Waals surface area contributed by atoms with E-state index in [0.29, 0.717) is 20.6 Å². The van der Waals surface area contributed by atoms with Gasteiger partial charge in [-0.15, -0.1) is 0 Å². The second-order valence-corrected chi connectivity index (χ2v) is 8.01. The molecule has 4 rings (SSSR count). The van der Waals surface area contributed by atoms with Gasteiger partial charge in [-0.2, -0.15) is 0 Å². The molecule has 3 aromatic rings. The Balaban J connectivity index is 1.96. The van der Waals surface area contributed by atoms with Crippen molar-refractivity contribution in [2.45, 2.75) is 26.8 Å². The van der Waals surface area contributed by atoms with Crippen LogP contribution in [0.15, 0.2) is 69.8 Å². The molecule has 1 aliphatic heterocycles. The van der Waals surface area contributed by atoms with Crippen LogP contribution in [0.4, 0.5) is 0 Å². The van der Waals surface area contributed by atoms with E-state index in [1.165, 1.54) is 11.3 Å². The van der Waals surface area contributed by atoms with Crippen LogP contribution >= 0.6 is 11.3 Å². The molecule has 0 N–H and O–H groups in total. The van der Waals surface area contributed by atoms with Gasteiger partial charge in [0.25, 0.3) is 5.56 Å². The molecule has 1 aromatic carbocycles. The van der Waals surface area contributed by atoms with E-state index in [4.69, 9.17) is 4.74 Å². The molecule has 7 heteroatoms. The highest BCUT2D eigenvalue weighted by molar-refractivity contribution is 7.07. The normalized spacial score (nSPS) is 16.2. The molecule has 0 bridgehead atoms. The summed E-state index contributed by atoms with van der Waals surface area (Å²) in [7, 11) is 0. The van der Waals surface area contributed by atoms with Gasteiger partial charge < -0.3 is 4.74 Å². The fraction of sp³-hybridized carbons (Fsp3) is 0.217. The van der Waals surface area contributed by atoms with Crippen LogP contribution < -0.4 is 14.9 Å². The zero-order valence-corrected chi connectivity index (χ0v) is 17.8. The van der Waals surface area contributed by atoms with E-state index in [-0.39, 0.29) is 12.2 Å². The number of aryl methyl sites for hydroxylation is 1. The van der Waals surface area contributed by atoms with Gasteiger partial charge in [0, 0.05) is 12.4 Å². The number of hydrogen-bond acceptors (Lipinski definition) is 6. The molecule has 1 atom stereocenters. The third kappa shape index (κ3) is 3.64. The first kappa shape index (κ1) is 20.0. The Kier molecular flexibility index (Phi) is 5.46. The Morgan fingerprint density at radius 1 is 1.23 bits per heavy atom. The topological polar surface area (TPSA) is 73.6 Å². The molecule has 0 aliphatic carbocycles. The third-order valence-electron chi connectivity index (χ3n) is 4.89. The molecule has 1 unspecified atom stereocenters. The predicted octanol–water partition coefficient (Wildman–Crippen LogP) is 2.50. The molecule has 2 aromatic heterocycles. The molecule has 3 heterocycles. The third-order valence-corrected chi connectivity index (χ3v) is 5.88. The molecular weight excluding hydrogens is 398 g/mol. The van der Waals surface area contributed by atoms with Crippen molar-refractivity contribution in [2.75, 3.05) is 6.61 Å². The second kappa shape index (κ2) is 8.20. The van der Waals surface area contributed by atoms with E-state index >= 15 is 0 Å². The number of thiazole rings is 1. The molecule has 0 amide bonds. The Morgan fingerprint density at radius 2 is 2.00 bits per heavy atom. The Labute approximate surface area is 177 Å². The highest BCUT2D eigenvalue weighted by atomic mass is 32.1. The van der Waals surface area contributed by atoms with Crippen LogP contribution in [0.2, 0.25) is 0 Å². The van der Waals surface area contributed by atoms with Gasteiger partial charge >= 0.3 is 5.97 Å². The van der Waals surface area contributed by atoms with Gasteiger partial charge in [0.05, 0.1) is 28.5 Å². The number of fused-ring (bicyclic) bond motifs is 1. The van der Waals surface area contributed by atoms with Gasteiger partial charge in [0.15, 0.2) is 4.80 Å². The van der Waals surface area contributed by atoms with Crippen LogP contribution in [0.3, 0.4) is 0 Å². The lowest BCUT2D eigenvalue weighted by Gasteiger charge is -2.24. The van der Waals surface area contributed by atoms with Crippen LogP contribution in [-0.4, -0.2) is 22.1 Å². The van der Waals surface area contributed by atoms with Crippen LogP contribution in [0.25, 0.3) is 6.08 Å². The summed E-state index contributed by atoms with van der Waals surface area (Å²) in [6, 6.07) is 10.9. The largest absolute Gasteiger partial charge is 0.463 e. The molecule has 0 saturated heterocycles. The summed E-state index contributed by atoms with van der Waals surface area (Å²) in [5.74, 6) is -0.453. The van der Waals surface area contributed by atoms with Crippen molar-refractivity contribution in [3.63, 3.8) is 0 Å². The first-order chi connectivity index (χ1) is 14.5. The van der Waals surface area contributed by atoms with Crippen molar-refractivity contribution >= 4 is 23.4 Å². The van der Waals surface area contributed by atoms with Gasteiger partial charge in [-0.25, -0.2) is 9.79 Å². The van der Waals surface area contributed by atoms with Gasteiger partial charge in [-0.05, 0) is 44.0 Å². The summed E-state index contributed by atoms with van der Waals surface area (Å²) < 4.78 is 7.43. The predicted molar refractivity (Wildman–Crippen MR) is 116 cm³/mol. The second-order valence-electron chi connectivity index (χ2n) is 7.00. The molecule has 30 heavy (non-hydrogen) atoms. The van der Waals surface area contributed by atoms with Crippen molar-refractivity contribution in [3.05, 3.63) is 96.4 Å². The standard InChI is InChI=1S/C23H21N3O3S/c1-4-29-22(28)19-15(3)25-23-26(20(19)17-9-7-14(2)8-10-17)21(27)18(30-23)12-16-6-5-11-24-13-16/h5-13,20H,4H2,1-3H3. The Hall–Kier alpha value is -3.32. The van der Waals surface area contributed by atoms with E-state index in [1.54, 1.807) is 36.9 Å². The van der Waals surface area contributed by atoms with E-state index in [9.17, 15) is 9.59 Å². The summed E-state index contributed by atoms with van der Waals surface area (Å²) in [6.07, 6.45) is 5.18. The monoisotopic (exact) mass is 419 g/mol. The lowest BCUT2D eigenvalue weighted by molar-refractivity contribution is -0.139. The number of carbonyl (C=O) groups is 1. The van der Waals surface area contributed by atoms with Crippen LogP contribution in [-0.2, 0) is 9.53 Å². The average molecular weight is 420 g/mol. The number of pyridine rings is 1. The summed E-state index contributed by atoms with van der Waals surface area (Å²) >= 11 is 1.30. The minimum Gasteiger partial charge on any atom is -0.463 e. The van der Waals surface area contributed by atoms with Crippen molar-refractivity contribution < 1.29 is 9.53 Å². The quantitative estimate of drug-likeness (QED) is 0.609. The maximum atomic E-state index is 13.4. The number of ether oxygens (including phenoxy) is 1. The number of carbonyl (C=O) groups excluding carboxylic acids is 1. The van der Waals surface area contributed by atoms with Gasteiger partial charge in [0.1, 0.15) is 0 Å². The summed E-state index contributed by atoms with van der Waals surface area (Å²) in [4.78, 5) is 35.4. The molecule has 152 valence electrons. The Morgan fingerprint density at radius 3 is 2.67 bits per heavy atom. The fourth-order valence-electron chi connectivity index (χ4n) is 3.47. The van der Waals surface area contributed by atoms with Crippen molar-refractivity contribution in [3.8, 4) is 0 Å².